The maximum absolute atomic E-state index is 14.3. The number of ketones is 1. The number of sulfonamides is 1. The van der Waals surface area contributed by atoms with E-state index in [1.54, 1.807) is 120 Å². The van der Waals surface area contributed by atoms with E-state index in [1.807, 2.05) is 54.6 Å². The third kappa shape index (κ3) is 22.5. The van der Waals surface area contributed by atoms with Crippen molar-refractivity contribution in [3.8, 4) is 34.5 Å². The number of nitrogens with one attached hydrogen (secondary N) is 3. The number of imide groups is 3. The van der Waals surface area contributed by atoms with Gasteiger partial charge in [-0.3, -0.25) is 67.7 Å². The molecule has 132 heavy (non-hydrogen) atoms. The largest absolute Gasteiger partial charge is 0.493 e. The Bertz CT molecular complexity index is 5630. The van der Waals surface area contributed by atoms with Crippen LogP contribution in [-0.4, -0.2) is 256 Å². The van der Waals surface area contributed by atoms with Crippen LogP contribution in [0.2, 0.25) is 0 Å². The van der Waals surface area contributed by atoms with Gasteiger partial charge in [0.15, 0.2) is 34.5 Å². The van der Waals surface area contributed by atoms with E-state index in [4.69, 9.17) is 39.7 Å². The van der Waals surface area contributed by atoms with Crippen LogP contribution < -0.4 is 58.5 Å². The van der Waals surface area contributed by atoms with Crippen molar-refractivity contribution >= 4 is 91.6 Å². The smallest absolute Gasteiger partial charge is 0.407 e. The van der Waals surface area contributed by atoms with Crippen LogP contribution in [0.3, 0.4) is 0 Å². The summed E-state index contributed by atoms with van der Waals surface area (Å²) in [6, 6.07) is 43.5. The van der Waals surface area contributed by atoms with Crippen LogP contribution in [0.15, 0.2) is 161 Å². The number of rotatable bonds is 35. The second kappa shape index (κ2) is 44.6. The molecule has 5 atom stereocenters. The van der Waals surface area contributed by atoms with E-state index >= 15 is 0 Å². The van der Waals surface area contributed by atoms with Crippen molar-refractivity contribution in [2.24, 2.45) is 0 Å². The van der Waals surface area contributed by atoms with Gasteiger partial charge < -0.3 is 63.4 Å². The highest BCUT2D eigenvalue weighted by Crippen LogP contribution is 2.46. The highest BCUT2D eigenvalue weighted by Gasteiger charge is 2.47. The number of fused-ring (bicyclic) bond motifs is 3. The Labute approximate surface area is 777 Å². The fraction of sp³-hybridized carbons (Fsp3) is 0.434. The van der Waals surface area contributed by atoms with E-state index in [-0.39, 0.29) is 58.8 Å². The quantitative estimate of drug-likeness (QED) is 0.0144. The van der Waals surface area contributed by atoms with Gasteiger partial charge in [-0.05, 0) is 193 Å². The number of alkyl carbamates (subject to hydrolysis) is 1. The number of thiophene rings is 1. The zero-order valence-electron chi connectivity index (χ0n) is 77.7. The molecule has 31 nitrogen and oxygen atoms in total. The minimum atomic E-state index is -3.64. The number of benzene rings is 7. The molecule has 0 aliphatic carbocycles. The minimum Gasteiger partial charge on any atom is -0.493 e. The molecule has 0 bridgehead atoms. The van der Waals surface area contributed by atoms with Gasteiger partial charge >= 0.3 is 18.0 Å². The molecule has 0 spiro atoms. The molecule has 3 saturated heterocycles. The van der Waals surface area contributed by atoms with Crippen LogP contribution in [0.1, 0.15) is 202 Å². The van der Waals surface area contributed by atoms with Crippen LogP contribution in [0, 0.1) is 6.57 Å². The van der Waals surface area contributed by atoms with E-state index in [2.05, 4.69) is 102 Å². The SMILES string of the molecule is CCN1CCN(c2cccc3c2C(=O)N([C@H](CCCNC(=O)OC(C)(C)C)c2ccc(OC)c(OC)c2)C3=O)CC1.COc1ccc([C@@H](CCCNS(=O)(=O)c2cccs2)N2C(=O)c3cccc(N4CCN(C(C)C)CC4)c3C2=O)cc1OC.[C-]#[N+]C(C(C)=O)C(=O)NCCC[C@H](c1ccc(OC)c(OC)c1)N1C(=O)c2cccc(N3CCN([C@H](C)c4ccccc4)CC3)c2C1=O. The molecule has 0 saturated carbocycles. The number of nitrogens with zero attached hydrogens (tertiary/aromatic N) is 10. The van der Waals surface area contributed by atoms with Gasteiger partial charge in [0.25, 0.3) is 35.4 Å². The van der Waals surface area contributed by atoms with Gasteiger partial charge in [0.1, 0.15) is 9.81 Å². The van der Waals surface area contributed by atoms with Crippen LogP contribution >= 0.6 is 11.3 Å². The summed E-state index contributed by atoms with van der Waals surface area (Å²) in [6.07, 6.45) is 1.86. The molecule has 6 aliphatic rings. The van der Waals surface area contributed by atoms with Gasteiger partial charge in [-0.1, -0.05) is 79.7 Å². The Hall–Kier alpha value is -12.5. The molecule has 8 aromatic rings. The van der Waals surface area contributed by atoms with Crippen molar-refractivity contribution in [3.05, 3.63) is 224 Å². The number of piperazine rings is 3. The van der Waals surface area contributed by atoms with Crippen molar-refractivity contribution in [2.75, 3.05) is 162 Å². The standard InChI is InChI=1S/C37H41N5O6.C31H38N4O6S2.C31H42N4O6/c1-24(26-11-7-6-8-12-26)40-19-21-41(22-20-40)30-14-9-13-28-33(30)37(46)42(36(28)45)29(27-16-17-31(47-4)32(23-27)48-5)15-10-18-39-35(44)34(38-3)25(2)43;1-21(2)33-15-17-34(18-16-33)25-9-5-8-23-29(25)31(37)35(30(23)36)24(22-12-13-26(40-3)27(20-22)41-4)10-6-14-32-43(38,39)28-11-7-19-42-28;1-7-33-16-18-34(19-17-33)24-11-8-10-22-27(24)29(37)35(28(22)36)23(12-9-15-32-30(38)41-31(2,3)4)21-13-14-25(39-5)26(20-21)40-6/h6-9,11-14,16-17,23-24,29,34H,10,15,18-22H2,1-2,4-5H3,(H,39,44);5,7-9,11-13,19-21,24,32H,6,10,14-18H2,1-4H3;8,10-11,13-14,20,23H,7,9,12,15-19H2,1-6H3,(H,32,38)/t24-,29-,34?;24-;23-/m111/s1. The molecule has 7 heterocycles. The lowest BCUT2D eigenvalue weighted by molar-refractivity contribution is -0.127. The van der Waals surface area contributed by atoms with Gasteiger partial charge in [0.05, 0.1) is 111 Å². The molecule has 1 aromatic heterocycles. The summed E-state index contributed by atoms with van der Waals surface area (Å²) in [5.74, 6) is -0.265. The predicted molar refractivity (Wildman–Crippen MR) is 505 cm³/mol. The summed E-state index contributed by atoms with van der Waals surface area (Å²) in [5.41, 5.74) is 7.52. The average Bonchev–Trinajstić information content (AvgIpc) is 1.60. The zero-order valence-corrected chi connectivity index (χ0v) is 79.3. The lowest BCUT2D eigenvalue weighted by atomic mass is 9.99. The third-order valence-corrected chi connectivity index (χ3v) is 27.7. The van der Waals surface area contributed by atoms with E-state index in [1.165, 1.54) is 48.5 Å². The maximum Gasteiger partial charge on any atom is 0.407 e. The summed E-state index contributed by atoms with van der Waals surface area (Å²) in [7, 11) is 5.60. The first-order valence-corrected chi connectivity index (χ1v) is 47.1. The van der Waals surface area contributed by atoms with Gasteiger partial charge in [-0.15, -0.1) is 11.3 Å². The number of ether oxygens (including phenoxy) is 7. The molecule has 14 rings (SSSR count). The molecule has 702 valence electrons. The first kappa shape index (κ1) is 98.6. The second-order valence-corrected chi connectivity index (χ2v) is 37.1. The minimum absolute atomic E-state index is 0.151. The molecule has 6 aliphatic heterocycles. The monoisotopic (exact) mass is 1840 g/mol. The van der Waals surface area contributed by atoms with Crippen LogP contribution in [0.5, 0.6) is 34.5 Å². The highest BCUT2D eigenvalue weighted by molar-refractivity contribution is 7.91. The molecule has 33 heteroatoms. The lowest BCUT2D eigenvalue weighted by Gasteiger charge is -2.39. The van der Waals surface area contributed by atoms with Crippen LogP contribution in [0.25, 0.3) is 4.85 Å². The maximum atomic E-state index is 14.3. The fourth-order valence-corrected chi connectivity index (χ4v) is 19.9. The van der Waals surface area contributed by atoms with Gasteiger partial charge in [-0.25, -0.2) is 24.5 Å². The highest BCUT2D eigenvalue weighted by atomic mass is 32.2. The summed E-state index contributed by atoms with van der Waals surface area (Å²) in [4.78, 5) is 142. The predicted octanol–water partition coefficient (Wildman–Crippen LogP) is 13.6. The Morgan fingerprint density at radius 3 is 1.20 bits per heavy atom. The molecule has 1 unspecified atom stereocenters. The van der Waals surface area contributed by atoms with Gasteiger partial charge in [0.2, 0.25) is 15.8 Å². The molecular weight excluding hydrogens is 1720 g/mol. The number of anilines is 3. The van der Waals surface area contributed by atoms with Crippen LogP contribution in [-0.2, 0) is 24.3 Å². The zero-order chi connectivity index (χ0) is 94.8. The number of carbonyl (C=O) groups excluding carboxylic acids is 9. The third-order valence-electron chi connectivity index (χ3n) is 24.9. The van der Waals surface area contributed by atoms with Crippen molar-refractivity contribution in [2.45, 2.75) is 140 Å². The number of likely N-dealkylation sites (N-methyl/N-ethyl adjacent to an activating group) is 1. The number of hydrogen-bond acceptors (Lipinski definition) is 25. The summed E-state index contributed by atoms with van der Waals surface area (Å²) < 4.78 is 66.4. The van der Waals surface area contributed by atoms with Crippen molar-refractivity contribution in [1.82, 2.24) is 44.8 Å². The number of amides is 8. The average molecular weight is 1850 g/mol. The van der Waals surface area contributed by atoms with Gasteiger partial charge in [-0.2, -0.15) is 0 Å². The first-order valence-electron chi connectivity index (χ1n) is 44.8. The Balaban J connectivity index is 0.000000179. The fourth-order valence-electron chi connectivity index (χ4n) is 17.8. The normalized spacial score (nSPS) is 16.5. The Morgan fingerprint density at radius 2 is 0.841 bits per heavy atom. The molecule has 3 N–H and O–H groups in total. The molecular formula is C99H121N13O18S2. The summed E-state index contributed by atoms with van der Waals surface area (Å²) >= 11 is 1.15. The Morgan fingerprint density at radius 1 is 0.455 bits per heavy atom. The van der Waals surface area contributed by atoms with E-state index in [0.717, 1.165) is 106 Å². The molecule has 7 aromatic carbocycles. The van der Waals surface area contributed by atoms with E-state index in [9.17, 15) is 51.6 Å². The number of carbonyl (C=O) groups is 9. The number of Topliss-reactive ketones (excluding diaryl/α,β-unsaturated/α-hetero) is 1. The molecule has 3 fully saturated rings. The summed E-state index contributed by atoms with van der Waals surface area (Å²) in [5, 5.41) is 7.13. The van der Waals surface area contributed by atoms with E-state index in [0.29, 0.717) is 143 Å². The number of methoxy groups -OCH3 is 6. The van der Waals surface area contributed by atoms with Crippen LogP contribution in [0.4, 0.5) is 21.9 Å². The molecule has 0 radical (unpaired) electrons. The van der Waals surface area contributed by atoms with Crippen molar-refractivity contribution in [3.63, 3.8) is 0 Å². The molecule has 8 amide bonds. The lowest BCUT2D eigenvalue weighted by Crippen LogP contribution is -2.49. The topological polar surface area (TPSA) is 322 Å². The number of hydrogen-bond donors (Lipinski definition) is 3. The van der Waals surface area contributed by atoms with Crippen molar-refractivity contribution in [1.29, 1.82) is 0 Å². The summed E-state index contributed by atoms with van der Waals surface area (Å²) in [6.45, 7) is 33.8. The van der Waals surface area contributed by atoms with E-state index < -0.39 is 57.6 Å². The van der Waals surface area contributed by atoms with Gasteiger partial charge in [0, 0.05) is 117 Å². The second-order valence-electron chi connectivity index (χ2n) is 34.2. The first-order chi connectivity index (χ1) is 63.4. The van der Waals surface area contributed by atoms with Crippen molar-refractivity contribution < 1.29 is 84.7 Å². The Kier molecular flexibility index (Phi) is 33.3.